The number of nitrogens with two attached hydrogens (primary N) is 1. The summed E-state index contributed by atoms with van der Waals surface area (Å²) in [4.78, 5) is 1.08. The Labute approximate surface area is 105 Å². The van der Waals surface area contributed by atoms with Crippen LogP contribution in [-0.2, 0) is 6.42 Å². The maximum Gasteiger partial charge on any atom is 0.123 e. The smallest absolute Gasteiger partial charge is 0.123 e. The lowest BCUT2D eigenvalue weighted by Gasteiger charge is -2.05. The van der Waals surface area contributed by atoms with Crippen LogP contribution in [0.5, 0.6) is 0 Å². The van der Waals surface area contributed by atoms with E-state index in [1.165, 1.54) is 17.7 Å². The van der Waals surface area contributed by atoms with Gasteiger partial charge in [0, 0.05) is 16.3 Å². The van der Waals surface area contributed by atoms with E-state index in [0.29, 0.717) is 0 Å². The summed E-state index contributed by atoms with van der Waals surface area (Å²) in [5.74, 6) is 0.751. The molecule has 0 saturated heterocycles. The van der Waals surface area contributed by atoms with Gasteiger partial charge < -0.3 is 5.73 Å². The summed E-state index contributed by atoms with van der Waals surface area (Å²) in [5.41, 5.74) is 7.87. The molecule has 0 fully saturated rings. The third-order valence-electron chi connectivity index (χ3n) is 2.51. The molecule has 0 aliphatic rings. The molecule has 2 N–H and O–H groups in total. The molecule has 0 aliphatic carbocycles. The second-order valence-corrected chi connectivity index (χ2v) is 4.92. The Morgan fingerprint density at radius 3 is 2.41 bits per heavy atom. The van der Waals surface area contributed by atoms with E-state index in [2.05, 4.69) is 0 Å². The highest BCUT2D eigenvalue weighted by Crippen LogP contribution is 2.21. The lowest BCUT2D eigenvalue weighted by atomic mass is 10.1. The minimum Gasteiger partial charge on any atom is -0.399 e. The van der Waals surface area contributed by atoms with Crippen molar-refractivity contribution in [3.63, 3.8) is 0 Å². The maximum atomic E-state index is 12.7. The summed E-state index contributed by atoms with van der Waals surface area (Å²) >= 11 is 1.71. The molecule has 0 unspecified atom stereocenters. The fourth-order valence-electron chi connectivity index (χ4n) is 1.57. The van der Waals surface area contributed by atoms with Gasteiger partial charge in [0.15, 0.2) is 0 Å². The number of halogens is 1. The predicted octanol–water partition coefficient (Wildman–Crippen LogP) is 3.74. The highest BCUT2D eigenvalue weighted by atomic mass is 32.2. The van der Waals surface area contributed by atoms with Crippen LogP contribution in [0.25, 0.3) is 0 Å². The Kier molecular flexibility index (Phi) is 4.04. The summed E-state index contributed by atoms with van der Waals surface area (Å²) < 4.78 is 12.7. The molecule has 0 bridgehead atoms. The van der Waals surface area contributed by atoms with E-state index < -0.39 is 0 Å². The molecule has 1 nitrogen and oxygen atoms in total. The zero-order chi connectivity index (χ0) is 12.1. The Hall–Kier alpha value is -1.48. The molecular weight excluding hydrogens is 233 g/mol. The van der Waals surface area contributed by atoms with Gasteiger partial charge in [0.1, 0.15) is 5.82 Å². The van der Waals surface area contributed by atoms with E-state index in [0.717, 1.165) is 22.8 Å². The summed E-state index contributed by atoms with van der Waals surface area (Å²) in [5, 5.41) is 0. The van der Waals surface area contributed by atoms with Crippen molar-refractivity contribution in [1.29, 1.82) is 0 Å². The van der Waals surface area contributed by atoms with Crippen molar-refractivity contribution in [2.24, 2.45) is 0 Å². The summed E-state index contributed by atoms with van der Waals surface area (Å²) in [6.45, 7) is 0. The second-order valence-electron chi connectivity index (χ2n) is 3.75. The van der Waals surface area contributed by atoms with Crippen LogP contribution >= 0.6 is 11.8 Å². The SMILES string of the molecule is Nc1ccccc1CCSc1ccc(F)cc1. The van der Waals surface area contributed by atoms with E-state index in [9.17, 15) is 4.39 Å². The molecule has 0 aliphatic heterocycles. The van der Waals surface area contributed by atoms with E-state index >= 15 is 0 Å². The zero-order valence-corrected chi connectivity index (χ0v) is 10.2. The van der Waals surface area contributed by atoms with Gasteiger partial charge in [-0.1, -0.05) is 18.2 Å². The normalized spacial score (nSPS) is 10.4. The molecule has 0 radical (unpaired) electrons. The molecule has 0 atom stereocenters. The molecule has 2 aromatic carbocycles. The molecule has 0 saturated carbocycles. The van der Waals surface area contributed by atoms with Gasteiger partial charge in [-0.15, -0.1) is 11.8 Å². The Morgan fingerprint density at radius 1 is 1.00 bits per heavy atom. The minimum atomic E-state index is -0.193. The van der Waals surface area contributed by atoms with Crippen molar-refractivity contribution < 1.29 is 4.39 Å². The van der Waals surface area contributed by atoms with E-state index in [1.807, 2.05) is 24.3 Å². The van der Waals surface area contributed by atoms with Crippen molar-refractivity contribution in [2.75, 3.05) is 11.5 Å². The second kappa shape index (κ2) is 5.73. The molecular formula is C14H14FNS. The van der Waals surface area contributed by atoms with Gasteiger partial charge in [0.2, 0.25) is 0 Å². The van der Waals surface area contributed by atoms with Gasteiger partial charge in [0.25, 0.3) is 0 Å². The minimum absolute atomic E-state index is 0.193. The molecule has 3 heteroatoms. The van der Waals surface area contributed by atoms with Gasteiger partial charge in [-0.3, -0.25) is 0 Å². The standard InChI is InChI=1S/C14H14FNS/c15-12-5-7-13(8-6-12)17-10-9-11-3-1-2-4-14(11)16/h1-8H,9-10,16H2. The van der Waals surface area contributed by atoms with Crippen LogP contribution in [0.15, 0.2) is 53.4 Å². The third-order valence-corrected chi connectivity index (χ3v) is 3.52. The van der Waals surface area contributed by atoms with Gasteiger partial charge in [-0.25, -0.2) is 4.39 Å². The molecule has 0 aromatic heterocycles. The van der Waals surface area contributed by atoms with Gasteiger partial charge in [-0.2, -0.15) is 0 Å². The fourth-order valence-corrected chi connectivity index (χ4v) is 2.46. The Bertz CT molecular complexity index is 482. The van der Waals surface area contributed by atoms with Crippen LogP contribution in [0.2, 0.25) is 0 Å². The largest absolute Gasteiger partial charge is 0.399 e. The highest BCUT2D eigenvalue weighted by molar-refractivity contribution is 7.99. The monoisotopic (exact) mass is 247 g/mol. The van der Waals surface area contributed by atoms with E-state index in [1.54, 1.807) is 23.9 Å². The number of thioether (sulfide) groups is 1. The number of hydrogen-bond acceptors (Lipinski definition) is 2. The number of rotatable bonds is 4. The molecule has 17 heavy (non-hydrogen) atoms. The third kappa shape index (κ3) is 3.49. The van der Waals surface area contributed by atoms with Crippen LogP contribution in [0.3, 0.4) is 0 Å². The topological polar surface area (TPSA) is 26.0 Å². The number of para-hydroxylation sites is 1. The first kappa shape index (κ1) is 12.0. The van der Waals surface area contributed by atoms with Crippen molar-refractivity contribution in [3.8, 4) is 0 Å². The molecule has 88 valence electrons. The first-order chi connectivity index (χ1) is 8.25. The number of benzene rings is 2. The van der Waals surface area contributed by atoms with Crippen LogP contribution in [-0.4, -0.2) is 5.75 Å². The number of anilines is 1. The first-order valence-electron chi connectivity index (χ1n) is 5.47. The molecule has 2 rings (SSSR count). The molecule has 0 spiro atoms. The van der Waals surface area contributed by atoms with Crippen molar-refractivity contribution in [2.45, 2.75) is 11.3 Å². The lowest BCUT2D eigenvalue weighted by Crippen LogP contribution is -1.95. The van der Waals surface area contributed by atoms with Gasteiger partial charge >= 0.3 is 0 Å². The summed E-state index contributed by atoms with van der Waals surface area (Å²) in [6, 6.07) is 14.5. The zero-order valence-electron chi connectivity index (χ0n) is 9.40. The fraction of sp³-hybridized carbons (Fsp3) is 0.143. The molecule has 0 amide bonds. The van der Waals surface area contributed by atoms with Crippen LogP contribution < -0.4 is 5.73 Å². The average molecular weight is 247 g/mol. The molecule has 0 heterocycles. The highest BCUT2D eigenvalue weighted by Gasteiger charge is 1.99. The van der Waals surface area contributed by atoms with Crippen LogP contribution in [0.1, 0.15) is 5.56 Å². The Morgan fingerprint density at radius 2 is 1.71 bits per heavy atom. The van der Waals surface area contributed by atoms with Crippen molar-refractivity contribution in [3.05, 3.63) is 59.9 Å². The summed E-state index contributed by atoms with van der Waals surface area (Å²) in [6.07, 6.45) is 0.925. The quantitative estimate of drug-likeness (QED) is 0.658. The van der Waals surface area contributed by atoms with Crippen LogP contribution in [0, 0.1) is 5.82 Å². The lowest BCUT2D eigenvalue weighted by molar-refractivity contribution is 0.626. The maximum absolute atomic E-state index is 12.7. The van der Waals surface area contributed by atoms with E-state index in [4.69, 9.17) is 5.73 Å². The number of nitrogen functional groups attached to an aromatic ring is 1. The van der Waals surface area contributed by atoms with Crippen LogP contribution in [0.4, 0.5) is 10.1 Å². The predicted molar refractivity (Wildman–Crippen MR) is 71.7 cm³/mol. The van der Waals surface area contributed by atoms with E-state index in [-0.39, 0.29) is 5.82 Å². The van der Waals surface area contributed by atoms with Crippen molar-refractivity contribution >= 4 is 17.4 Å². The molecule has 2 aromatic rings. The first-order valence-corrected chi connectivity index (χ1v) is 6.46. The van der Waals surface area contributed by atoms with Crippen molar-refractivity contribution in [1.82, 2.24) is 0 Å². The number of aryl methyl sites for hydroxylation is 1. The Balaban J connectivity index is 1.88. The van der Waals surface area contributed by atoms with Gasteiger partial charge in [0.05, 0.1) is 0 Å². The van der Waals surface area contributed by atoms with Gasteiger partial charge in [-0.05, 0) is 42.3 Å². The average Bonchev–Trinajstić information content (AvgIpc) is 2.34. The number of hydrogen-bond donors (Lipinski definition) is 1. The summed E-state index contributed by atoms with van der Waals surface area (Å²) in [7, 11) is 0.